The van der Waals surface area contributed by atoms with Crippen LogP contribution in [0.15, 0.2) is 108 Å². The monoisotopic (exact) mass is 701 g/mol. The molecular formula is C30H22Cl2IN3O3S. The molecule has 40 heavy (non-hydrogen) atoms. The highest BCUT2D eigenvalue weighted by Gasteiger charge is 2.16. The Morgan fingerprint density at radius 1 is 0.800 bits per heavy atom. The number of nitrogens with one attached hydrogen (secondary N) is 3. The van der Waals surface area contributed by atoms with Crippen LogP contribution in [0.5, 0.6) is 0 Å². The van der Waals surface area contributed by atoms with Crippen molar-refractivity contribution in [2.24, 2.45) is 0 Å². The van der Waals surface area contributed by atoms with E-state index in [9.17, 15) is 14.4 Å². The Morgan fingerprint density at radius 2 is 1.55 bits per heavy atom. The summed E-state index contributed by atoms with van der Waals surface area (Å²) < 4.78 is 1.08. The molecule has 0 saturated carbocycles. The number of anilines is 2. The smallest absolute Gasteiger partial charge is 0.272 e. The van der Waals surface area contributed by atoms with Gasteiger partial charge in [-0.2, -0.15) is 0 Å². The molecule has 0 unspecified atom stereocenters. The number of rotatable bonds is 9. The van der Waals surface area contributed by atoms with Crippen LogP contribution in [0.4, 0.5) is 11.4 Å². The fourth-order valence-corrected chi connectivity index (χ4v) is 5.04. The van der Waals surface area contributed by atoms with Gasteiger partial charge < -0.3 is 16.0 Å². The van der Waals surface area contributed by atoms with Crippen molar-refractivity contribution in [3.63, 3.8) is 0 Å². The second-order valence-corrected chi connectivity index (χ2v) is 11.5. The number of hydrogen-bond donors (Lipinski definition) is 3. The number of hydrogen-bond acceptors (Lipinski definition) is 4. The van der Waals surface area contributed by atoms with Gasteiger partial charge >= 0.3 is 0 Å². The molecule has 0 saturated heterocycles. The highest BCUT2D eigenvalue weighted by molar-refractivity contribution is 14.1. The average molecular weight is 702 g/mol. The van der Waals surface area contributed by atoms with Crippen LogP contribution in [0, 0.1) is 3.57 Å². The highest BCUT2D eigenvalue weighted by Crippen LogP contribution is 2.25. The molecular weight excluding hydrogens is 680 g/mol. The maximum Gasteiger partial charge on any atom is 0.272 e. The molecule has 10 heteroatoms. The largest absolute Gasteiger partial charge is 0.325 e. The lowest BCUT2D eigenvalue weighted by atomic mass is 10.1. The first-order valence-corrected chi connectivity index (χ1v) is 14.7. The summed E-state index contributed by atoms with van der Waals surface area (Å²) in [5.41, 5.74) is 2.12. The van der Waals surface area contributed by atoms with Gasteiger partial charge in [0.05, 0.1) is 5.75 Å². The van der Waals surface area contributed by atoms with Crippen molar-refractivity contribution in [1.82, 2.24) is 5.32 Å². The minimum Gasteiger partial charge on any atom is -0.325 e. The zero-order valence-corrected chi connectivity index (χ0v) is 25.3. The van der Waals surface area contributed by atoms with E-state index >= 15 is 0 Å². The number of halogens is 3. The van der Waals surface area contributed by atoms with E-state index in [0.717, 1.165) is 14.2 Å². The second-order valence-electron chi connectivity index (χ2n) is 8.37. The van der Waals surface area contributed by atoms with Crippen LogP contribution >= 0.6 is 57.6 Å². The van der Waals surface area contributed by atoms with Gasteiger partial charge in [-0.3, -0.25) is 14.4 Å². The Balaban J connectivity index is 1.47. The zero-order chi connectivity index (χ0) is 28.5. The first-order valence-electron chi connectivity index (χ1n) is 11.9. The van der Waals surface area contributed by atoms with Gasteiger partial charge in [0, 0.05) is 35.4 Å². The van der Waals surface area contributed by atoms with Gasteiger partial charge in [0.15, 0.2) is 0 Å². The molecule has 3 N–H and O–H groups in total. The molecule has 4 rings (SSSR count). The summed E-state index contributed by atoms with van der Waals surface area (Å²) in [5, 5.41) is 9.14. The minimum absolute atomic E-state index is 0.00645. The fourth-order valence-electron chi connectivity index (χ4n) is 3.46. The Morgan fingerprint density at radius 3 is 2.27 bits per heavy atom. The van der Waals surface area contributed by atoms with Crippen molar-refractivity contribution in [2.45, 2.75) is 4.90 Å². The van der Waals surface area contributed by atoms with E-state index in [1.807, 2.05) is 30.3 Å². The Kier molecular flexibility index (Phi) is 10.7. The summed E-state index contributed by atoms with van der Waals surface area (Å²) in [6.07, 6.45) is 1.49. The summed E-state index contributed by atoms with van der Waals surface area (Å²) in [5.74, 6) is -0.949. The normalized spacial score (nSPS) is 11.0. The summed E-state index contributed by atoms with van der Waals surface area (Å²) in [6.45, 7) is 0. The van der Waals surface area contributed by atoms with Gasteiger partial charge in [-0.1, -0.05) is 53.5 Å². The third-order valence-electron chi connectivity index (χ3n) is 5.38. The van der Waals surface area contributed by atoms with E-state index in [1.165, 1.54) is 17.8 Å². The maximum absolute atomic E-state index is 13.3. The van der Waals surface area contributed by atoms with Gasteiger partial charge in [0.25, 0.3) is 11.8 Å². The summed E-state index contributed by atoms with van der Waals surface area (Å²) in [6, 6.07) is 28.0. The number of thioether (sulfide) groups is 1. The molecule has 0 atom stereocenters. The summed E-state index contributed by atoms with van der Waals surface area (Å²) >= 11 is 15.9. The fraction of sp³-hybridized carbons (Fsp3) is 0.0333. The molecule has 0 aromatic heterocycles. The third kappa shape index (κ3) is 8.85. The molecule has 0 aliphatic carbocycles. The molecule has 0 radical (unpaired) electrons. The lowest BCUT2D eigenvalue weighted by Crippen LogP contribution is -2.30. The van der Waals surface area contributed by atoms with Crippen LogP contribution in [0.3, 0.4) is 0 Å². The van der Waals surface area contributed by atoms with Crippen molar-refractivity contribution in [3.8, 4) is 0 Å². The van der Waals surface area contributed by atoms with E-state index < -0.39 is 11.8 Å². The third-order valence-corrected chi connectivity index (χ3v) is 7.66. The van der Waals surface area contributed by atoms with Crippen LogP contribution in [0.1, 0.15) is 15.9 Å². The molecule has 0 fully saturated rings. The van der Waals surface area contributed by atoms with Gasteiger partial charge in [-0.05, 0) is 101 Å². The number of benzene rings is 4. The lowest BCUT2D eigenvalue weighted by molar-refractivity contribution is -0.114. The first-order chi connectivity index (χ1) is 19.3. The molecule has 0 aliphatic heterocycles. The highest BCUT2D eigenvalue weighted by atomic mass is 127. The number of carbonyl (C=O) groups excluding carboxylic acids is 3. The maximum atomic E-state index is 13.3. The predicted molar refractivity (Wildman–Crippen MR) is 172 cm³/mol. The number of carbonyl (C=O) groups is 3. The van der Waals surface area contributed by atoms with E-state index in [2.05, 4.69) is 38.5 Å². The molecule has 3 amide bonds. The molecule has 4 aromatic rings. The average Bonchev–Trinajstić information content (AvgIpc) is 2.94. The van der Waals surface area contributed by atoms with Crippen molar-refractivity contribution >= 4 is 92.7 Å². The summed E-state index contributed by atoms with van der Waals surface area (Å²) in [7, 11) is 0. The first kappa shape index (κ1) is 29.7. The minimum atomic E-state index is -0.547. The van der Waals surface area contributed by atoms with Crippen LogP contribution < -0.4 is 16.0 Å². The number of amides is 3. The van der Waals surface area contributed by atoms with Gasteiger partial charge in [-0.15, -0.1) is 11.8 Å². The van der Waals surface area contributed by atoms with E-state index in [0.29, 0.717) is 26.9 Å². The SMILES string of the molecule is O=C(CSc1cccc(NC(=O)/C(=C\c2ccc(Cl)cc2Cl)NC(=O)c2ccccc2)c1)Nc1ccc(I)cc1. The molecule has 6 nitrogen and oxygen atoms in total. The molecule has 4 aromatic carbocycles. The van der Waals surface area contributed by atoms with E-state index in [-0.39, 0.29) is 17.4 Å². The Bertz CT molecular complexity index is 1560. The van der Waals surface area contributed by atoms with Gasteiger partial charge in [-0.25, -0.2) is 0 Å². The zero-order valence-electron chi connectivity index (χ0n) is 20.8. The van der Waals surface area contributed by atoms with Crippen molar-refractivity contribution < 1.29 is 14.4 Å². The second kappa shape index (κ2) is 14.4. The van der Waals surface area contributed by atoms with Gasteiger partial charge in [0.1, 0.15) is 5.70 Å². The molecule has 0 heterocycles. The van der Waals surface area contributed by atoms with Crippen molar-refractivity contribution in [2.75, 3.05) is 16.4 Å². The van der Waals surface area contributed by atoms with Crippen LogP contribution in [-0.4, -0.2) is 23.5 Å². The van der Waals surface area contributed by atoms with Crippen LogP contribution in [0.25, 0.3) is 6.08 Å². The predicted octanol–water partition coefficient (Wildman–Crippen LogP) is 7.74. The standard InChI is InChI=1S/C30H22Cl2IN3O3S/c31-21-10-9-20(26(32)16-21)15-27(36-29(38)19-5-2-1-3-6-19)30(39)35-24-7-4-8-25(17-24)40-18-28(37)34-23-13-11-22(33)12-14-23/h1-17H,18H2,(H,34,37)(H,35,39)(H,36,38)/b27-15+. The molecule has 0 spiro atoms. The van der Waals surface area contributed by atoms with Crippen molar-refractivity contribution in [3.05, 3.63) is 128 Å². The van der Waals surface area contributed by atoms with E-state index in [4.69, 9.17) is 23.2 Å². The van der Waals surface area contributed by atoms with Crippen LogP contribution in [-0.2, 0) is 9.59 Å². The molecule has 0 aliphatic rings. The van der Waals surface area contributed by atoms with Crippen LogP contribution in [0.2, 0.25) is 10.0 Å². The summed E-state index contributed by atoms with van der Waals surface area (Å²) in [4.78, 5) is 39.4. The van der Waals surface area contributed by atoms with Gasteiger partial charge in [0.2, 0.25) is 5.91 Å². The molecule has 0 bridgehead atoms. The lowest BCUT2D eigenvalue weighted by Gasteiger charge is -2.13. The van der Waals surface area contributed by atoms with Crippen molar-refractivity contribution in [1.29, 1.82) is 0 Å². The molecule has 202 valence electrons. The Labute approximate surface area is 259 Å². The quantitative estimate of drug-likeness (QED) is 0.0947. The topological polar surface area (TPSA) is 87.3 Å². The Hall–Kier alpha value is -3.31. The van der Waals surface area contributed by atoms with E-state index in [1.54, 1.807) is 66.7 Å².